The van der Waals surface area contributed by atoms with Gasteiger partial charge in [0.15, 0.2) is 12.2 Å². The Labute approximate surface area is 670 Å². The molecule has 2 unspecified atom stereocenters. The number of ether oxygens (including phenoxy) is 4. The topological polar surface area (TPSA) is 237 Å². The molecular weight excluding hydrogens is 1410 g/mol. The highest BCUT2D eigenvalue weighted by molar-refractivity contribution is 7.47. The van der Waals surface area contributed by atoms with E-state index in [0.29, 0.717) is 25.7 Å². The average Bonchev–Trinajstić information content (AvgIpc) is 0.900. The summed E-state index contributed by atoms with van der Waals surface area (Å²) in [5.41, 5.74) is 0. The lowest BCUT2D eigenvalue weighted by Crippen LogP contribution is -2.30. The lowest BCUT2D eigenvalue weighted by Gasteiger charge is -2.21. The van der Waals surface area contributed by atoms with Crippen molar-refractivity contribution in [2.24, 2.45) is 11.8 Å². The Bertz CT molecular complexity index is 2080. The number of phosphoric acid groups is 2. The number of carbonyl (C=O) groups excluding carboxylic acids is 4. The molecule has 5 atom stereocenters. The number of hydrogen-bond acceptors (Lipinski definition) is 15. The number of phosphoric ester groups is 2. The summed E-state index contributed by atoms with van der Waals surface area (Å²) in [5.74, 6) is -0.473. The first kappa shape index (κ1) is 107. The molecule has 0 aliphatic rings. The van der Waals surface area contributed by atoms with Gasteiger partial charge in [0.25, 0.3) is 0 Å². The van der Waals surface area contributed by atoms with Gasteiger partial charge >= 0.3 is 39.5 Å². The van der Waals surface area contributed by atoms with Crippen LogP contribution in [0.15, 0.2) is 0 Å². The van der Waals surface area contributed by atoms with Gasteiger partial charge in [-0.25, -0.2) is 9.13 Å². The van der Waals surface area contributed by atoms with Crippen LogP contribution in [0.1, 0.15) is 485 Å². The second-order valence-electron chi connectivity index (χ2n) is 33.3. The van der Waals surface area contributed by atoms with Gasteiger partial charge in [-0.2, -0.15) is 0 Å². The molecule has 648 valence electrons. The van der Waals surface area contributed by atoms with Crippen LogP contribution in [-0.4, -0.2) is 96.7 Å². The molecule has 0 heterocycles. The lowest BCUT2D eigenvalue weighted by molar-refractivity contribution is -0.161. The molecule has 0 saturated carbocycles. The maximum atomic E-state index is 13.2. The minimum atomic E-state index is -4.97. The van der Waals surface area contributed by atoms with E-state index in [1.54, 1.807) is 0 Å². The number of rotatable bonds is 89. The third-order valence-electron chi connectivity index (χ3n) is 21.2. The molecule has 0 fully saturated rings. The van der Waals surface area contributed by atoms with E-state index in [0.717, 1.165) is 102 Å². The van der Waals surface area contributed by atoms with Crippen molar-refractivity contribution in [2.75, 3.05) is 39.6 Å². The van der Waals surface area contributed by atoms with Gasteiger partial charge in [-0.3, -0.25) is 37.3 Å². The Morgan fingerprint density at radius 1 is 0.248 bits per heavy atom. The van der Waals surface area contributed by atoms with Crippen molar-refractivity contribution in [1.29, 1.82) is 0 Å². The van der Waals surface area contributed by atoms with Crippen LogP contribution in [0.2, 0.25) is 0 Å². The molecule has 0 bridgehead atoms. The Morgan fingerprint density at radius 2 is 0.422 bits per heavy atom. The zero-order valence-corrected chi connectivity index (χ0v) is 73.7. The van der Waals surface area contributed by atoms with Crippen LogP contribution in [0.5, 0.6) is 0 Å². The quantitative estimate of drug-likeness (QED) is 0.0222. The molecule has 0 rings (SSSR count). The second-order valence-corrected chi connectivity index (χ2v) is 36.2. The van der Waals surface area contributed by atoms with Crippen LogP contribution in [0, 0.1) is 11.8 Å². The average molecular weight is 1590 g/mol. The van der Waals surface area contributed by atoms with Gasteiger partial charge in [-0.1, -0.05) is 433 Å². The third-order valence-corrected chi connectivity index (χ3v) is 23.1. The summed E-state index contributed by atoms with van der Waals surface area (Å²) < 4.78 is 69.0. The summed E-state index contributed by atoms with van der Waals surface area (Å²) in [6.45, 7) is 9.76. The van der Waals surface area contributed by atoms with Crippen molar-refractivity contribution >= 4 is 39.5 Å². The van der Waals surface area contributed by atoms with Gasteiger partial charge in [0.1, 0.15) is 19.3 Å². The van der Waals surface area contributed by atoms with Crippen LogP contribution < -0.4 is 0 Å². The van der Waals surface area contributed by atoms with E-state index in [1.807, 2.05) is 0 Å². The van der Waals surface area contributed by atoms with Crippen LogP contribution in [0.25, 0.3) is 0 Å². The fourth-order valence-corrected chi connectivity index (χ4v) is 15.7. The predicted octanol–water partition coefficient (Wildman–Crippen LogP) is 27.8. The van der Waals surface area contributed by atoms with Gasteiger partial charge in [0, 0.05) is 25.7 Å². The molecule has 17 nitrogen and oxygen atoms in total. The minimum absolute atomic E-state index is 0.108. The molecule has 0 aromatic rings. The van der Waals surface area contributed by atoms with Crippen LogP contribution in [0.3, 0.4) is 0 Å². The van der Waals surface area contributed by atoms with Gasteiger partial charge in [-0.05, 0) is 37.5 Å². The molecule has 0 aromatic carbocycles. The van der Waals surface area contributed by atoms with Gasteiger partial charge < -0.3 is 33.8 Å². The maximum Gasteiger partial charge on any atom is 0.472 e. The lowest BCUT2D eigenvalue weighted by atomic mass is 10.0. The molecule has 19 heteroatoms. The van der Waals surface area contributed by atoms with Crippen molar-refractivity contribution in [3.8, 4) is 0 Å². The zero-order chi connectivity index (χ0) is 79.9. The molecule has 109 heavy (non-hydrogen) atoms. The van der Waals surface area contributed by atoms with Gasteiger partial charge in [0.2, 0.25) is 0 Å². The van der Waals surface area contributed by atoms with Crippen molar-refractivity contribution < 1.29 is 80.2 Å². The summed E-state index contributed by atoms with van der Waals surface area (Å²) in [6, 6.07) is 0. The number of esters is 4. The fourth-order valence-electron chi connectivity index (χ4n) is 14.1. The smallest absolute Gasteiger partial charge is 0.462 e. The minimum Gasteiger partial charge on any atom is -0.462 e. The first-order valence-electron chi connectivity index (χ1n) is 46.5. The summed E-state index contributed by atoms with van der Waals surface area (Å²) in [4.78, 5) is 73.4. The standard InChI is InChI=1S/C90H176O17P2/c1-7-9-11-13-15-17-19-20-21-22-23-27-32-37-43-49-55-61-67-73-88(93)101-79-86(107-89(94)74-68-62-56-50-44-38-33-28-25-24-26-30-35-41-46-52-58-64-70-82(3)4)81-105-109(98,99)103-77-84(91)76-102-108(96,97)104-80-85(78-100-87(92)72-66-60-54-48-40-18-16-14-12-10-8-2)106-90(95)75-69-63-57-51-45-39-34-29-31-36-42-47-53-59-65-71-83(5)6/h82-86,91H,7-81H2,1-6H3,(H,96,97)(H,98,99)/t84-,85+,86+/m0/s1. The maximum absolute atomic E-state index is 13.2. The Balaban J connectivity index is 5.23. The highest BCUT2D eigenvalue weighted by Gasteiger charge is 2.31. The van der Waals surface area contributed by atoms with Gasteiger partial charge in [0.05, 0.1) is 26.4 Å². The molecule has 0 aromatic heterocycles. The van der Waals surface area contributed by atoms with E-state index in [-0.39, 0.29) is 25.7 Å². The molecule has 0 aliphatic heterocycles. The Morgan fingerprint density at radius 3 is 0.624 bits per heavy atom. The molecule has 0 aliphatic carbocycles. The summed E-state index contributed by atoms with van der Waals surface area (Å²) in [5, 5.41) is 10.7. The number of unbranched alkanes of at least 4 members (excludes halogenated alkanes) is 59. The zero-order valence-electron chi connectivity index (χ0n) is 71.9. The molecule has 0 amide bonds. The van der Waals surface area contributed by atoms with E-state index < -0.39 is 97.5 Å². The Hall–Kier alpha value is -1.94. The molecule has 3 N–H and O–H groups in total. The SMILES string of the molecule is CCCCCCCCCCCCCCCCCCCCCC(=O)OC[C@H](COP(=O)(O)OC[C@@H](O)COP(=O)(O)OC[C@@H](COC(=O)CCCCCCCCCCCCC)OC(=O)CCCCCCCCCCCCCCCCCC(C)C)OC(=O)CCCCCCCCCCCCCCCCCCCCC(C)C. The summed E-state index contributed by atoms with van der Waals surface area (Å²) in [7, 11) is -9.93. The second kappa shape index (κ2) is 81.2. The van der Waals surface area contributed by atoms with Crippen molar-refractivity contribution in [3.63, 3.8) is 0 Å². The summed E-state index contributed by atoms with van der Waals surface area (Å²) >= 11 is 0. The van der Waals surface area contributed by atoms with Crippen LogP contribution >= 0.6 is 15.6 Å². The van der Waals surface area contributed by atoms with E-state index in [4.69, 9.17) is 37.0 Å². The number of aliphatic hydroxyl groups is 1. The molecular formula is C90H176O17P2. The number of hydrogen-bond donors (Lipinski definition) is 3. The predicted molar refractivity (Wildman–Crippen MR) is 451 cm³/mol. The first-order valence-corrected chi connectivity index (χ1v) is 49.5. The van der Waals surface area contributed by atoms with Crippen molar-refractivity contribution in [2.45, 2.75) is 503 Å². The molecule has 0 saturated heterocycles. The van der Waals surface area contributed by atoms with Crippen molar-refractivity contribution in [1.82, 2.24) is 0 Å². The van der Waals surface area contributed by atoms with E-state index in [2.05, 4.69) is 41.5 Å². The van der Waals surface area contributed by atoms with Crippen LogP contribution in [-0.2, 0) is 65.4 Å². The number of carbonyl (C=O) groups is 4. The normalized spacial score (nSPS) is 13.8. The monoisotopic (exact) mass is 1590 g/mol. The highest BCUT2D eigenvalue weighted by Crippen LogP contribution is 2.45. The van der Waals surface area contributed by atoms with Gasteiger partial charge in [-0.15, -0.1) is 0 Å². The summed E-state index contributed by atoms with van der Waals surface area (Å²) in [6.07, 6.45) is 75.0. The molecule has 0 radical (unpaired) electrons. The molecule has 0 spiro atoms. The number of aliphatic hydroxyl groups excluding tert-OH is 1. The highest BCUT2D eigenvalue weighted by atomic mass is 31.2. The van der Waals surface area contributed by atoms with E-state index in [9.17, 15) is 43.2 Å². The third kappa shape index (κ3) is 83.8. The fraction of sp³-hybridized carbons (Fsp3) is 0.956. The first-order chi connectivity index (χ1) is 52.9. The van der Waals surface area contributed by atoms with Crippen molar-refractivity contribution in [3.05, 3.63) is 0 Å². The Kier molecular flexibility index (Phi) is 79.8. The van der Waals surface area contributed by atoms with Crippen LogP contribution in [0.4, 0.5) is 0 Å². The largest absolute Gasteiger partial charge is 0.472 e. The van der Waals surface area contributed by atoms with E-state index in [1.165, 1.54) is 302 Å². The van der Waals surface area contributed by atoms with E-state index >= 15 is 0 Å².